The Bertz CT molecular complexity index is 525. The number of esters is 1. The molecule has 0 amide bonds. The molecule has 0 aliphatic heterocycles. The van der Waals surface area contributed by atoms with Crippen molar-refractivity contribution in [3.63, 3.8) is 0 Å². The molecule has 1 fully saturated rings. The predicted octanol–water partition coefficient (Wildman–Crippen LogP) is 4.32. The summed E-state index contributed by atoms with van der Waals surface area (Å²) in [4.78, 5) is 12.1. The first-order valence-corrected chi connectivity index (χ1v) is 11.3. The lowest BCUT2D eigenvalue weighted by Crippen LogP contribution is -2.15. The second-order valence-corrected chi connectivity index (χ2v) is 12.1. The number of hydrogen-bond acceptors (Lipinski definition) is 2. The number of rotatable bonds is 5. The zero-order valence-corrected chi connectivity index (χ0v) is 14.7. The highest BCUT2D eigenvalue weighted by atomic mass is 28.3. The van der Waals surface area contributed by atoms with Crippen molar-refractivity contribution in [2.45, 2.75) is 39.4 Å². The van der Waals surface area contributed by atoms with Crippen molar-refractivity contribution in [3.8, 4) is 0 Å². The van der Waals surface area contributed by atoms with Gasteiger partial charge in [0.15, 0.2) is 0 Å². The van der Waals surface area contributed by atoms with Crippen LogP contribution in [0.2, 0.25) is 19.6 Å². The summed E-state index contributed by atoms with van der Waals surface area (Å²) in [6.45, 7) is 11.3. The van der Waals surface area contributed by atoms with Crippen molar-refractivity contribution in [2.75, 3.05) is 6.61 Å². The molecule has 3 heteroatoms. The second kappa shape index (κ2) is 6.18. The summed E-state index contributed by atoms with van der Waals surface area (Å²) in [7, 11) is -1.24. The molecule has 0 aromatic heterocycles. The molecular weight excluding hydrogens is 276 g/mol. The van der Waals surface area contributed by atoms with Gasteiger partial charge in [0, 0.05) is 5.92 Å². The van der Waals surface area contributed by atoms with Gasteiger partial charge in [-0.15, -0.1) is 0 Å². The summed E-state index contributed by atoms with van der Waals surface area (Å²) in [5, 5.41) is 0. The number of carbonyl (C=O) groups is 1. The van der Waals surface area contributed by atoms with Crippen LogP contribution in [0.3, 0.4) is 0 Å². The maximum Gasteiger partial charge on any atom is 0.310 e. The highest BCUT2D eigenvalue weighted by Crippen LogP contribution is 2.55. The lowest BCUT2D eigenvalue weighted by Gasteiger charge is -2.07. The van der Waals surface area contributed by atoms with E-state index in [0.717, 1.165) is 0 Å². The molecule has 1 saturated carbocycles. The van der Waals surface area contributed by atoms with Crippen molar-refractivity contribution in [1.82, 2.24) is 0 Å². The Kier molecular flexibility index (Phi) is 4.72. The first kappa shape index (κ1) is 16.0. The third-order valence-corrected chi connectivity index (χ3v) is 5.11. The van der Waals surface area contributed by atoms with Gasteiger partial charge >= 0.3 is 5.97 Å². The summed E-state index contributed by atoms with van der Waals surface area (Å²) >= 11 is 0. The van der Waals surface area contributed by atoms with Crippen molar-refractivity contribution < 1.29 is 9.53 Å². The third-order valence-electron chi connectivity index (χ3n) is 3.91. The average Bonchev–Trinajstić information content (AvgIpc) is 3.11. The van der Waals surface area contributed by atoms with Crippen LogP contribution >= 0.6 is 0 Å². The fourth-order valence-corrected chi connectivity index (χ4v) is 3.53. The van der Waals surface area contributed by atoms with Gasteiger partial charge in [-0.05, 0) is 25.3 Å². The van der Waals surface area contributed by atoms with Crippen molar-refractivity contribution in [1.29, 1.82) is 0 Å². The number of ether oxygens (including phenoxy) is 1. The molecule has 114 valence electrons. The zero-order valence-electron chi connectivity index (χ0n) is 13.7. The molecule has 2 nitrogen and oxygen atoms in total. The van der Waals surface area contributed by atoms with Gasteiger partial charge in [-0.25, -0.2) is 0 Å². The van der Waals surface area contributed by atoms with Crippen molar-refractivity contribution in [3.05, 3.63) is 47.2 Å². The van der Waals surface area contributed by atoms with Gasteiger partial charge in [-0.1, -0.05) is 61.2 Å². The summed E-state index contributed by atoms with van der Waals surface area (Å²) in [5.41, 5.74) is 4.85. The molecule has 0 spiro atoms. The minimum Gasteiger partial charge on any atom is -0.466 e. The molecule has 3 atom stereocenters. The predicted molar refractivity (Wildman–Crippen MR) is 90.0 cm³/mol. The van der Waals surface area contributed by atoms with E-state index in [0.29, 0.717) is 12.5 Å². The van der Waals surface area contributed by atoms with E-state index in [1.807, 2.05) is 6.92 Å². The van der Waals surface area contributed by atoms with E-state index in [4.69, 9.17) is 4.74 Å². The van der Waals surface area contributed by atoms with E-state index in [-0.39, 0.29) is 17.8 Å². The molecule has 21 heavy (non-hydrogen) atoms. The van der Waals surface area contributed by atoms with E-state index in [9.17, 15) is 4.79 Å². The molecule has 1 aromatic carbocycles. The quantitative estimate of drug-likeness (QED) is 0.598. The van der Waals surface area contributed by atoms with Crippen LogP contribution < -0.4 is 0 Å². The first-order valence-electron chi connectivity index (χ1n) is 7.76. The SMILES string of the molecule is CCOC(=O)[C@H]1[C@H](/C=C/[Si](C)(C)C)[C@@H]1c1ccc(C)cc1. The van der Waals surface area contributed by atoms with Gasteiger partial charge in [0.2, 0.25) is 0 Å². The Morgan fingerprint density at radius 1 is 1.24 bits per heavy atom. The number of benzene rings is 1. The lowest BCUT2D eigenvalue weighted by atomic mass is 10.1. The Balaban J connectivity index is 2.18. The average molecular weight is 302 g/mol. The van der Waals surface area contributed by atoms with Gasteiger partial charge in [-0.2, -0.15) is 0 Å². The van der Waals surface area contributed by atoms with Gasteiger partial charge in [0.05, 0.1) is 20.6 Å². The van der Waals surface area contributed by atoms with Crippen LogP contribution in [0.5, 0.6) is 0 Å². The van der Waals surface area contributed by atoms with Gasteiger partial charge < -0.3 is 4.74 Å². The molecule has 0 unspecified atom stereocenters. The molecule has 2 rings (SSSR count). The minimum absolute atomic E-state index is 0.000237. The zero-order chi connectivity index (χ0) is 15.6. The third kappa shape index (κ3) is 4.07. The Morgan fingerprint density at radius 3 is 2.38 bits per heavy atom. The lowest BCUT2D eigenvalue weighted by molar-refractivity contribution is -0.145. The fourth-order valence-electron chi connectivity index (χ4n) is 2.73. The topological polar surface area (TPSA) is 26.3 Å². The molecular formula is C18H26O2Si. The summed E-state index contributed by atoms with van der Waals surface area (Å²) < 4.78 is 5.24. The van der Waals surface area contributed by atoms with Gasteiger partial charge in [0.1, 0.15) is 0 Å². The Hall–Kier alpha value is -1.35. The molecule has 0 heterocycles. The highest BCUT2D eigenvalue weighted by Gasteiger charge is 2.54. The second-order valence-electron chi connectivity index (χ2n) is 7.02. The molecule has 1 aromatic rings. The van der Waals surface area contributed by atoms with Gasteiger partial charge in [-0.3, -0.25) is 4.79 Å². The number of hydrogen-bond donors (Lipinski definition) is 0. The Morgan fingerprint density at radius 2 is 1.86 bits per heavy atom. The van der Waals surface area contributed by atoms with E-state index >= 15 is 0 Å². The van der Waals surface area contributed by atoms with E-state index < -0.39 is 8.07 Å². The van der Waals surface area contributed by atoms with Crippen LogP contribution in [-0.2, 0) is 9.53 Å². The normalized spacial score (nSPS) is 25.1. The Labute approximate surface area is 129 Å². The largest absolute Gasteiger partial charge is 0.466 e. The van der Waals surface area contributed by atoms with E-state index in [1.54, 1.807) is 0 Å². The first-order chi connectivity index (χ1) is 9.83. The number of carbonyl (C=O) groups excluding carboxylic acids is 1. The van der Waals surface area contributed by atoms with Crippen molar-refractivity contribution >= 4 is 14.0 Å². The number of aryl methyl sites for hydroxylation is 1. The van der Waals surface area contributed by atoms with Crippen molar-refractivity contribution in [2.24, 2.45) is 11.8 Å². The summed E-state index contributed by atoms with van der Waals surface area (Å²) in [6, 6.07) is 8.54. The van der Waals surface area contributed by atoms with Crippen LogP contribution in [0.1, 0.15) is 24.0 Å². The van der Waals surface area contributed by atoms with Crippen LogP contribution in [-0.4, -0.2) is 20.7 Å². The highest BCUT2D eigenvalue weighted by molar-refractivity contribution is 6.80. The maximum absolute atomic E-state index is 12.1. The molecule has 1 aliphatic carbocycles. The van der Waals surface area contributed by atoms with E-state index in [1.165, 1.54) is 11.1 Å². The molecule has 1 aliphatic rings. The van der Waals surface area contributed by atoms with Crippen LogP contribution in [0.15, 0.2) is 36.0 Å². The van der Waals surface area contributed by atoms with E-state index in [2.05, 4.69) is 62.6 Å². The standard InChI is InChI=1S/C18H26O2Si/c1-6-20-18(19)17-15(11-12-21(3,4)5)16(17)14-9-7-13(2)8-10-14/h7-12,15-17H,6H2,1-5H3/b12-11+/t15-,16+,17+/m1/s1. The maximum atomic E-state index is 12.1. The van der Waals surface area contributed by atoms with Gasteiger partial charge in [0.25, 0.3) is 0 Å². The number of allylic oxidation sites excluding steroid dienone is 1. The van der Waals surface area contributed by atoms with Crippen LogP contribution in [0, 0.1) is 18.8 Å². The fraction of sp³-hybridized carbons (Fsp3) is 0.500. The molecule has 0 bridgehead atoms. The molecule has 0 N–H and O–H groups in total. The van der Waals surface area contributed by atoms with Crippen LogP contribution in [0.25, 0.3) is 0 Å². The minimum atomic E-state index is -1.24. The summed E-state index contributed by atoms with van der Waals surface area (Å²) in [6.07, 6.45) is 2.26. The molecule has 0 saturated heterocycles. The van der Waals surface area contributed by atoms with Crippen LogP contribution in [0.4, 0.5) is 0 Å². The monoisotopic (exact) mass is 302 g/mol. The summed E-state index contributed by atoms with van der Waals surface area (Å²) in [5.74, 6) is 0.546. The smallest absolute Gasteiger partial charge is 0.310 e. The molecule has 0 radical (unpaired) electrons.